The SMILES string of the molecule is COC(=O)NC1CCN(C(=O)C(N)c2ccccc2)C1. The van der Waals surface area contributed by atoms with Gasteiger partial charge in [-0.1, -0.05) is 30.3 Å². The first kappa shape index (κ1) is 14.3. The number of nitrogens with two attached hydrogens (primary N) is 1. The highest BCUT2D eigenvalue weighted by Gasteiger charge is 2.30. The summed E-state index contributed by atoms with van der Waals surface area (Å²) in [5.41, 5.74) is 6.78. The molecule has 2 unspecified atom stereocenters. The first-order valence-electron chi connectivity index (χ1n) is 6.55. The number of nitrogens with zero attached hydrogens (tertiary/aromatic N) is 1. The molecule has 2 rings (SSSR count). The second-order valence-electron chi connectivity index (χ2n) is 4.79. The third-order valence-electron chi connectivity index (χ3n) is 3.43. The van der Waals surface area contributed by atoms with Crippen LogP contribution < -0.4 is 11.1 Å². The van der Waals surface area contributed by atoms with Gasteiger partial charge in [-0.3, -0.25) is 4.79 Å². The van der Waals surface area contributed by atoms with Crippen LogP contribution in [-0.2, 0) is 9.53 Å². The van der Waals surface area contributed by atoms with E-state index in [0.29, 0.717) is 19.5 Å². The molecule has 1 saturated heterocycles. The van der Waals surface area contributed by atoms with Gasteiger partial charge >= 0.3 is 6.09 Å². The number of benzene rings is 1. The van der Waals surface area contributed by atoms with Crippen molar-refractivity contribution in [2.75, 3.05) is 20.2 Å². The van der Waals surface area contributed by atoms with Crippen molar-refractivity contribution in [3.63, 3.8) is 0 Å². The molecule has 0 saturated carbocycles. The zero-order valence-corrected chi connectivity index (χ0v) is 11.4. The summed E-state index contributed by atoms with van der Waals surface area (Å²) >= 11 is 0. The number of nitrogens with one attached hydrogen (secondary N) is 1. The minimum atomic E-state index is -0.659. The van der Waals surface area contributed by atoms with Gasteiger partial charge in [0.25, 0.3) is 0 Å². The number of amides is 2. The van der Waals surface area contributed by atoms with Crippen molar-refractivity contribution in [3.05, 3.63) is 35.9 Å². The van der Waals surface area contributed by atoms with Crippen molar-refractivity contribution in [1.29, 1.82) is 0 Å². The number of ether oxygens (including phenoxy) is 1. The number of rotatable bonds is 3. The van der Waals surface area contributed by atoms with Crippen LogP contribution >= 0.6 is 0 Å². The van der Waals surface area contributed by atoms with E-state index in [4.69, 9.17) is 5.73 Å². The number of likely N-dealkylation sites (tertiary alicyclic amines) is 1. The highest BCUT2D eigenvalue weighted by atomic mass is 16.5. The molecule has 6 nitrogen and oxygen atoms in total. The minimum absolute atomic E-state index is 0.0747. The fourth-order valence-electron chi connectivity index (χ4n) is 2.30. The molecule has 1 heterocycles. The van der Waals surface area contributed by atoms with E-state index in [0.717, 1.165) is 5.56 Å². The molecule has 1 aromatic carbocycles. The van der Waals surface area contributed by atoms with Crippen LogP contribution in [0.1, 0.15) is 18.0 Å². The van der Waals surface area contributed by atoms with Crippen LogP contribution in [0, 0.1) is 0 Å². The quantitative estimate of drug-likeness (QED) is 0.849. The molecule has 2 amide bonds. The fraction of sp³-hybridized carbons (Fsp3) is 0.429. The monoisotopic (exact) mass is 277 g/mol. The molecule has 0 aliphatic carbocycles. The van der Waals surface area contributed by atoms with Crippen LogP contribution in [0.25, 0.3) is 0 Å². The third kappa shape index (κ3) is 3.27. The minimum Gasteiger partial charge on any atom is -0.453 e. The molecule has 1 aromatic rings. The van der Waals surface area contributed by atoms with Crippen LogP contribution in [0.2, 0.25) is 0 Å². The van der Waals surface area contributed by atoms with Crippen LogP contribution in [0.5, 0.6) is 0 Å². The van der Waals surface area contributed by atoms with E-state index < -0.39 is 12.1 Å². The summed E-state index contributed by atoms with van der Waals surface area (Å²) in [6, 6.07) is 8.53. The summed E-state index contributed by atoms with van der Waals surface area (Å²) < 4.78 is 4.55. The second kappa shape index (κ2) is 6.38. The summed E-state index contributed by atoms with van der Waals surface area (Å²) in [5.74, 6) is -0.120. The first-order valence-corrected chi connectivity index (χ1v) is 6.55. The molecule has 6 heteroatoms. The Bertz CT molecular complexity index is 478. The summed E-state index contributed by atoms with van der Waals surface area (Å²) in [4.78, 5) is 25.1. The van der Waals surface area contributed by atoms with E-state index in [1.54, 1.807) is 4.90 Å². The molecular weight excluding hydrogens is 258 g/mol. The number of carbonyl (C=O) groups excluding carboxylic acids is 2. The van der Waals surface area contributed by atoms with Gasteiger partial charge in [0.1, 0.15) is 6.04 Å². The molecule has 2 atom stereocenters. The van der Waals surface area contributed by atoms with Gasteiger partial charge in [0, 0.05) is 13.1 Å². The topological polar surface area (TPSA) is 84.7 Å². The molecular formula is C14H19N3O3. The van der Waals surface area contributed by atoms with Gasteiger partial charge < -0.3 is 20.7 Å². The molecule has 0 aromatic heterocycles. The molecule has 108 valence electrons. The van der Waals surface area contributed by atoms with Crippen molar-refractivity contribution in [2.24, 2.45) is 5.73 Å². The predicted octanol–water partition coefficient (Wildman–Crippen LogP) is 0.643. The number of hydrogen-bond donors (Lipinski definition) is 2. The zero-order valence-electron chi connectivity index (χ0n) is 11.4. The summed E-state index contributed by atoms with van der Waals surface area (Å²) in [6.07, 6.45) is 0.235. The Kier molecular flexibility index (Phi) is 4.57. The Balaban J connectivity index is 1.93. The summed E-state index contributed by atoms with van der Waals surface area (Å²) in [5, 5.41) is 2.70. The van der Waals surface area contributed by atoms with Gasteiger partial charge in [0.2, 0.25) is 5.91 Å². The fourth-order valence-corrected chi connectivity index (χ4v) is 2.30. The van der Waals surface area contributed by atoms with Gasteiger partial charge in [0.05, 0.1) is 13.2 Å². The maximum absolute atomic E-state index is 12.3. The maximum Gasteiger partial charge on any atom is 0.407 e. The summed E-state index contributed by atoms with van der Waals surface area (Å²) in [6.45, 7) is 1.06. The molecule has 1 aliphatic rings. The van der Waals surface area contributed by atoms with E-state index in [-0.39, 0.29) is 11.9 Å². The standard InChI is InChI=1S/C14H19N3O3/c1-20-14(19)16-11-7-8-17(9-11)13(18)12(15)10-5-3-2-4-6-10/h2-6,11-12H,7-9,15H2,1H3,(H,16,19). The second-order valence-corrected chi connectivity index (χ2v) is 4.79. The van der Waals surface area contributed by atoms with Gasteiger partial charge in [0.15, 0.2) is 0 Å². The zero-order chi connectivity index (χ0) is 14.5. The molecule has 1 fully saturated rings. The van der Waals surface area contributed by atoms with E-state index in [9.17, 15) is 9.59 Å². The van der Waals surface area contributed by atoms with Crippen molar-refractivity contribution in [2.45, 2.75) is 18.5 Å². The molecule has 0 spiro atoms. The largest absolute Gasteiger partial charge is 0.453 e. The van der Waals surface area contributed by atoms with Gasteiger partial charge in [-0.2, -0.15) is 0 Å². The van der Waals surface area contributed by atoms with E-state index in [1.807, 2.05) is 30.3 Å². The van der Waals surface area contributed by atoms with Gasteiger partial charge in [-0.15, -0.1) is 0 Å². The van der Waals surface area contributed by atoms with E-state index >= 15 is 0 Å². The Morgan fingerprint density at radius 1 is 1.40 bits per heavy atom. The highest BCUT2D eigenvalue weighted by molar-refractivity contribution is 5.83. The van der Waals surface area contributed by atoms with Crippen molar-refractivity contribution in [3.8, 4) is 0 Å². The lowest BCUT2D eigenvalue weighted by atomic mass is 10.1. The lowest BCUT2D eigenvalue weighted by Gasteiger charge is -2.21. The molecule has 1 aliphatic heterocycles. The van der Waals surface area contributed by atoms with E-state index in [2.05, 4.69) is 10.1 Å². The Morgan fingerprint density at radius 3 is 2.75 bits per heavy atom. The average Bonchev–Trinajstić information content (AvgIpc) is 2.95. The Labute approximate surface area is 117 Å². The van der Waals surface area contributed by atoms with Crippen molar-refractivity contribution < 1.29 is 14.3 Å². The normalized spacial score (nSPS) is 19.5. The van der Waals surface area contributed by atoms with Crippen molar-refractivity contribution >= 4 is 12.0 Å². The van der Waals surface area contributed by atoms with E-state index in [1.165, 1.54) is 7.11 Å². The van der Waals surface area contributed by atoms with Crippen LogP contribution in [-0.4, -0.2) is 43.1 Å². The van der Waals surface area contributed by atoms with Crippen LogP contribution in [0.3, 0.4) is 0 Å². The van der Waals surface area contributed by atoms with Crippen LogP contribution in [0.15, 0.2) is 30.3 Å². The lowest BCUT2D eigenvalue weighted by molar-refractivity contribution is -0.131. The van der Waals surface area contributed by atoms with Crippen molar-refractivity contribution in [1.82, 2.24) is 10.2 Å². The Hall–Kier alpha value is -2.08. The van der Waals surface area contributed by atoms with Gasteiger partial charge in [-0.25, -0.2) is 4.79 Å². The summed E-state index contributed by atoms with van der Waals surface area (Å²) in [7, 11) is 1.32. The first-order chi connectivity index (χ1) is 9.61. The number of methoxy groups -OCH3 is 1. The number of alkyl carbamates (subject to hydrolysis) is 1. The third-order valence-corrected chi connectivity index (χ3v) is 3.43. The average molecular weight is 277 g/mol. The highest BCUT2D eigenvalue weighted by Crippen LogP contribution is 2.17. The predicted molar refractivity (Wildman–Crippen MR) is 73.9 cm³/mol. The molecule has 3 N–H and O–H groups in total. The van der Waals surface area contributed by atoms with Gasteiger partial charge in [-0.05, 0) is 12.0 Å². The number of hydrogen-bond acceptors (Lipinski definition) is 4. The molecule has 0 bridgehead atoms. The lowest BCUT2D eigenvalue weighted by Crippen LogP contribution is -2.41. The smallest absolute Gasteiger partial charge is 0.407 e. The number of carbonyl (C=O) groups is 2. The van der Waals surface area contributed by atoms with Crippen LogP contribution in [0.4, 0.5) is 4.79 Å². The molecule has 0 radical (unpaired) electrons. The molecule has 20 heavy (non-hydrogen) atoms. The Morgan fingerprint density at radius 2 is 2.10 bits per heavy atom. The maximum atomic E-state index is 12.3.